The van der Waals surface area contributed by atoms with E-state index in [9.17, 15) is 0 Å². The van der Waals surface area contributed by atoms with Gasteiger partial charge in [-0.05, 0) is 176 Å². The Bertz CT molecular complexity index is 6180. The van der Waals surface area contributed by atoms with Gasteiger partial charge < -0.3 is 38.4 Å². The largest absolute Gasteiger partial charge is 0.354 e. The van der Waals surface area contributed by atoms with Gasteiger partial charge >= 0.3 is 0 Å². The molecule has 2 N–H and O–H groups in total. The summed E-state index contributed by atoms with van der Waals surface area (Å²) in [6, 6.07) is 128. The number of hydrogen-bond acceptors (Lipinski definition) is 3. The van der Waals surface area contributed by atoms with E-state index in [1.54, 1.807) is 0 Å². The lowest BCUT2D eigenvalue weighted by Gasteiger charge is -2.30. The van der Waals surface area contributed by atoms with Crippen LogP contribution in [-0.2, 0) is 0 Å². The molecule has 5 heterocycles. The van der Waals surface area contributed by atoms with Crippen molar-refractivity contribution in [1.29, 1.82) is 0 Å². The second-order valence-corrected chi connectivity index (χ2v) is 25.5. The number of aromatic amines is 2. The van der Waals surface area contributed by atoms with Crippen LogP contribution in [0.2, 0.25) is 0 Å². The Morgan fingerprint density at radius 2 is 0.388 bits per heavy atom. The van der Waals surface area contributed by atoms with Gasteiger partial charge in [-0.25, -0.2) is 0 Å². The minimum absolute atomic E-state index is 1.01. The summed E-state index contributed by atoms with van der Waals surface area (Å²) in [5.74, 6) is 0. The van der Waals surface area contributed by atoms with E-state index < -0.39 is 0 Å². The van der Waals surface area contributed by atoms with E-state index in [0.29, 0.717) is 0 Å². The Kier molecular flexibility index (Phi) is 12.5. The zero-order valence-electron chi connectivity index (χ0n) is 53.2. The van der Waals surface area contributed by atoms with Gasteiger partial charge in [-0.3, -0.25) is 0 Å². The minimum Gasteiger partial charge on any atom is -0.354 e. The summed E-state index contributed by atoms with van der Waals surface area (Å²) in [6.45, 7) is 0. The molecule has 20 aromatic rings. The monoisotopic (exact) mass is 1250 g/mol. The van der Waals surface area contributed by atoms with Crippen LogP contribution in [0.5, 0.6) is 0 Å². The first-order valence-corrected chi connectivity index (χ1v) is 33.5. The zero-order valence-corrected chi connectivity index (χ0v) is 53.2. The highest BCUT2D eigenvalue weighted by Crippen LogP contribution is 2.47. The fourth-order valence-electron chi connectivity index (χ4n) is 15.7. The molecule has 0 fully saturated rings. The summed E-state index contributed by atoms with van der Waals surface area (Å²) >= 11 is 0. The molecule has 0 radical (unpaired) electrons. The van der Waals surface area contributed by atoms with Crippen molar-refractivity contribution in [2.45, 2.75) is 0 Å². The van der Waals surface area contributed by atoms with Crippen LogP contribution in [0, 0.1) is 0 Å². The van der Waals surface area contributed by atoms with Crippen LogP contribution in [0.15, 0.2) is 352 Å². The number of hydrogen-bond donors (Lipinski definition) is 2. The molecule has 0 aliphatic rings. The van der Waals surface area contributed by atoms with Crippen LogP contribution in [0.4, 0.5) is 51.2 Å². The summed E-state index contributed by atoms with van der Waals surface area (Å²) in [5, 5.41) is 12.0. The number of fused-ring (bicyclic) bond motifs is 15. The third kappa shape index (κ3) is 8.78. The quantitative estimate of drug-likeness (QED) is 0.128. The van der Waals surface area contributed by atoms with Crippen molar-refractivity contribution in [3.05, 3.63) is 352 Å². The average Bonchev–Trinajstić information content (AvgIpc) is 1.56. The summed E-state index contributed by atoms with van der Waals surface area (Å²) in [5.41, 5.74) is 23.9. The van der Waals surface area contributed by atoms with Crippen molar-refractivity contribution in [3.8, 4) is 17.1 Å². The third-order valence-electron chi connectivity index (χ3n) is 20.0. The van der Waals surface area contributed by atoms with Crippen molar-refractivity contribution in [1.82, 2.24) is 23.7 Å². The van der Waals surface area contributed by atoms with Crippen LogP contribution in [0.3, 0.4) is 0 Å². The molecule has 0 atom stereocenters. The molecule has 8 nitrogen and oxygen atoms in total. The van der Waals surface area contributed by atoms with Gasteiger partial charge in [-0.2, -0.15) is 0 Å². The maximum atomic E-state index is 3.77. The van der Waals surface area contributed by atoms with Crippen molar-refractivity contribution in [2.75, 3.05) is 14.7 Å². The molecule has 20 rings (SSSR count). The Morgan fingerprint density at radius 1 is 0.163 bits per heavy atom. The first-order chi connectivity index (χ1) is 48.6. The fourth-order valence-corrected chi connectivity index (χ4v) is 15.7. The highest BCUT2D eigenvalue weighted by molar-refractivity contribution is 6.15. The Hall–Kier alpha value is -13.3. The Labute approximate surface area is 564 Å². The molecule has 0 aliphatic carbocycles. The number of nitrogens with zero attached hydrogens (tertiary/aromatic N) is 6. The number of rotatable bonds is 12. The van der Waals surface area contributed by atoms with Gasteiger partial charge in [0.05, 0.1) is 33.1 Å². The molecular weight excluding hydrogens is 1190 g/mol. The third-order valence-corrected chi connectivity index (χ3v) is 20.0. The molecule has 5 aromatic heterocycles. The van der Waals surface area contributed by atoms with Gasteiger partial charge in [-0.15, -0.1) is 0 Å². The second kappa shape index (κ2) is 22.2. The van der Waals surface area contributed by atoms with Crippen LogP contribution >= 0.6 is 0 Å². The molecular formula is C90H60N8. The van der Waals surface area contributed by atoms with Crippen LogP contribution < -0.4 is 14.7 Å². The number of para-hydroxylation sites is 8. The van der Waals surface area contributed by atoms with Crippen LogP contribution in [-0.4, -0.2) is 23.7 Å². The lowest BCUT2D eigenvalue weighted by molar-refractivity contribution is 1.17. The molecule has 15 aromatic carbocycles. The molecule has 0 aliphatic heterocycles. The number of anilines is 9. The molecule has 8 heteroatoms. The second-order valence-electron chi connectivity index (χ2n) is 25.5. The highest BCUT2D eigenvalue weighted by atomic mass is 15.2. The first kappa shape index (κ1) is 55.2. The number of nitrogens with one attached hydrogen (secondary N) is 2. The summed E-state index contributed by atoms with van der Waals surface area (Å²) in [6.07, 6.45) is 0. The van der Waals surface area contributed by atoms with Gasteiger partial charge in [-0.1, -0.05) is 176 Å². The van der Waals surface area contributed by atoms with Crippen molar-refractivity contribution in [3.63, 3.8) is 0 Å². The first-order valence-electron chi connectivity index (χ1n) is 33.5. The highest BCUT2D eigenvalue weighted by Gasteiger charge is 2.24. The standard InChI is InChI=1S/C90H60N8/c1-4-20-59(21-5-1)96-85-33-17-12-28-75(85)78-51-46-68(56-88(78)96)93(62-36-40-64(41-37-62)94(66-44-49-73-71-26-10-15-31-81(71)91-83(73)54-66)69-47-52-79-76-29-13-18-34-86(76)97(89(79)57-69)60-22-6-2-7-23-60)63-38-42-65(43-39-63)95(67-45-50-74-72-27-11-16-32-82(72)92-84(74)55-67)70-48-53-80-77-30-14-19-35-87(77)98(90(80)58-70)61-24-8-3-9-25-61/h1-58,91-92H. The molecule has 0 bridgehead atoms. The van der Waals surface area contributed by atoms with Gasteiger partial charge in [0.1, 0.15) is 0 Å². The van der Waals surface area contributed by atoms with Crippen molar-refractivity contribution in [2.24, 2.45) is 0 Å². The lowest BCUT2D eigenvalue weighted by Crippen LogP contribution is -2.13. The summed E-state index contributed by atoms with van der Waals surface area (Å²) < 4.78 is 7.21. The molecule has 0 saturated heterocycles. The zero-order chi connectivity index (χ0) is 64.4. The molecule has 98 heavy (non-hydrogen) atoms. The Balaban J connectivity index is 0.771. The number of aromatic nitrogens is 5. The fraction of sp³-hybridized carbons (Fsp3) is 0. The van der Waals surface area contributed by atoms with Gasteiger partial charge in [0.15, 0.2) is 0 Å². The van der Waals surface area contributed by atoms with Gasteiger partial charge in [0.2, 0.25) is 0 Å². The number of benzene rings is 15. The smallest absolute Gasteiger partial charge is 0.0561 e. The number of H-pyrrole nitrogens is 2. The van der Waals surface area contributed by atoms with E-state index in [2.05, 4.69) is 390 Å². The van der Waals surface area contributed by atoms with E-state index in [-0.39, 0.29) is 0 Å². The normalized spacial score (nSPS) is 11.9. The van der Waals surface area contributed by atoms with E-state index in [1.807, 2.05) is 0 Å². The van der Waals surface area contributed by atoms with E-state index in [0.717, 1.165) is 112 Å². The van der Waals surface area contributed by atoms with E-state index in [1.165, 1.54) is 64.9 Å². The van der Waals surface area contributed by atoms with Gasteiger partial charge in [0, 0.05) is 144 Å². The molecule has 0 amide bonds. The molecule has 0 saturated carbocycles. The molecule has 460 valence electrons. The van der Waals surface area contributed by atoms with Crippen molar-refractivity contribution < 1.29 is 0 Å². The summed E-state index contributed by atoms with van der Waals surface area (Å²) in [7, 11) is 0. The topological polar surface area (TPSA) is 56.1 Å². The molecule has 0 unspecified atom stereocenters. The average molecular weight is 1250 g/mol. The molecule has 0 spiro atoms. The van der Waals surface area contributed by atoms with E-state index >= 15 is 0 Å². The van der Waals surface area contributed by atoms with Crippen LogP contribution in [0.25, 0.3) is 126 Å². The maximum Gasteiger partial charge on any atom is 0.0561 e. The summed E-state index contributed by atoms with van der Waals surface area (Å²) in [4.78, 5) is 14.8. The maximum absolute atomic E-state index is 3.77. The predicted molar refractivity (Wildman–Crippen MR) is 412 cm³/mol. The predicted octanol–water partition coefficient (Wildman–Crippen LogP) is 24.7. The SMILES string of the molecule is c1ccc(-n2c3ccccc3c3ccc(N(c4ccc(N(c5ccc6c(c5)[nH]c5ccccc56)c5ccc6c7ccccc7n(-c7ccccc7)c6c5)cc4)c4ccc(N(c5ccc6c(c5)[nH]c5ccccc56)c5ccc6c7ccccc7n(-c7ccccc7)c6c5)cc4)cc32)cc1. The van der Waals surface area contributed by atoms with Gasteiger partial charge in [0.25, 0.3) is 0 Å². The van der Waals surface area contributed by atoms with Crippen molar-refractivity contribution >= 4 is 160 Å². The van der Waals surface area contributed by atoms with E-state index in [4.69, 9.17) is 0 Å². The van der Waals surface area contributed by atoms with Crippen LogP contribution in [0.1, 0.15) is 0 Å². The Morgan fingerprint density at radius 3 is 0.714 bits per heavy atom. The lowest BCUT2D eigenvalue weighted by atomic mass is 10.1. The minimum atomic E-state index is 1.01.